The van der Waals surface area contributed by atoms with Crippen molar-refractivity contribution in [1.29, 1.82) is 0 Å². The number of carbonyl (C=O) groups is 1. The van der Waals surface area contributed by atoms with Crippen LogP contribution in [0.3, 0.4) is 0 Å². The van der Waals surface area contributed by atoms with Gasteiger partial charge in [-0.1, -0.05) is 23.7 Å². The summed E-state index contributed by atoms with van der Waals surface area (Å²) in [5, 5.41) is 14.4. The van der Waals surface area contributed by atoms with Gasteiger partial charge in [0.25, 0.3) is 0 Å². The molecule has 0 aromatic rings. The van der Waals surface area contributed by atoms with E-state index in [4.69, 9.17) is 21.2 Å². The summed E-state index contributed by atoms with van der Waals surface area (Å²) in [6, 6.07) is 0. The van der Waals surface area contributed by atoms with Gasteiger partial charge in [0, 0.05) is 31.6 Å². The molecule has 24 heavy (non-hydrogen) atoms. The molecule has 130 valence electrons. The fraction of sp³-hybridized carbons (Fsp3) is 0.647. The van der Waals surface area contributed by atoms with Gasteiger partial charge in [-0.2, -0.15) is 0 Å². The molecule has 1 aliphatic heterocycles. The van der Waals surface area contributed by atoms with Crippen molar-refractivity contribution in [2.24, 2.45) is 17.0 Å². The van der Waals surface area contributed by atoms with E-state index in [1.54, 1.807) is 6.08 Å². The van der Waals surface area contributed by atoms with Gasteiger partial charge in [-0.25, -0.2) is 0 Å². The number of aliphatic hydroxyl groups is 1. The summed E-state index contributed by atoms with van der Waals surface area (Å²) in [6.07, 6.45) is 5.05. The molecule has 1 fully saturated rings. The number of aliphatic hydroxyl groups excluding tert-OH is 1. The van der Waals surface area contributed by atoms with Crippen LogP contribution < -0.4 is 0 Å². The van der Waals surface area contributed by atoms with E-state index in [1.165, 1.54) is 5.54 Å². The maximum absolute atomic E-state index is 12.5. The average molecular weight is 350 g/mol. The van der Waals surface area contributed by atoms with Crippen LogP contribution in [0, 0.1) is 11.8 Å². The molecule has 0 aromatic carbocycles. The number of halogens is 1. The van der Waals surface area contributed by atoms with Crippen LogP contribution in [0.5, 0.6) is 0 Å². The van der Waals surface area contributed by atoms with Crippen molar-refractivity contribution in [3.63, 3.8) is 0 Å². The summed E-state index contributed by atoms with van der Waals surface area (Å²) >= 11 is 5.41. The van der Waals surface area contributed by atoms with E-state index in [-0.39, 0.29) is 42.9 Å². The van der Waals surface area contributed by atoms with Gasteiger partial charge in [0.2, 0.25) is 0 Å². The number of oxime groups is 1. The maximum atomic E-state index is 12.5. The van der Waals surface area contributed by atoms with Gasteiger partial charge >= 0.3 is 18.9 Å². The van der Waals surface area contributed by atoms with E-state index >= 15 is 0 Å². The van der Waals surface area contributed by atoms with E-state index < -0.39 is 0 Å². The van der Waals surface area contributed by atoms with E-state index in [9.17, 15) is 9.90 Å². The molecule has 2 aliphatic rings. The first-order valence-electron chi connectivity index (χ1n) is 8.14. The summed E-state index contributed by atoms with van der Waals surface area (Å²) in [4.78, 5) is 17.6. The third-order valence-corrected chi connectivity index (χ3v) is 4.64. The molecule has 1 unspecified atom stereocenters. The Balaban J connectivity index is 0.00000288. The first kappa shape index (κ1) is 21.3. The second-order valence-corrected chi connectivity index (χ2v) is 6.16. The Morgan fingerprint density at radius 1 is 1.38 bits per heavy atom. The van der Waals surface area contributed by atoms with Crippen LogP contribution in [-0.4, -0.2) is 55.3 Å². The number of ether oxygens (including phenoxy) is 1. The minimum atomic E-state index is -0.0395. The molecule has 0 spiro atoms. The van der Waals surface area contributed by atoms with Crippen molar-refractivity contribution >= 4 is 42.0 Å². The SMILES string of the molecule is CCC(=NOCC=CCl)C1=C(O)CC(C2CCOCC2)CC1=O.[LiH]. The molecule has 7 heteroatoms. The minimum absolute atomic E-state index is 0. The summed E-state index contributed by atoms with van der Waals surface area (Å²) in [5.41, 5.74) is 2.19. The van der Waals surface area contributed by atoms with Crippen LogP contribution in [-0.2, 0) is 14.4 Å². The summed E-state index contributed by atoms with van der Waals surface area (Å²) in [6.45, 7) is 3.62. The van der Waals surface area contributed by atoms with Gasteiger partial charge in [-0.3, -0.25) is 4.79 Å². The Morgan fingerprint density at radius 2 is 2.08 bits per heavy atom. The molecule has 1 atom stereocenters. The molecular formula is C17H25ClLiNO4. The molecule has 1 N–H and O–H groups in total. The van der Waals surface area contributed by atoms with E-state index in [1.807, 2.05) is 6.92 Å². The molecule has 1 heterocycles. The van der Waals surface area contributed by atoms with Crippen molar-refractivity contribution in [1.82, 2.24) is 0 Å². The summed E-state index contributed by atoms with van der Waals surface area (Å²) < 4.78 is 5.38. The van der Waals surface area contributed by atoms with Gasteiger partial charge in [0.15, 0.2) is 5.78 Å². The van der Waals surface area contributed by atoms with Crippen molar-refractivity contribution < 1.29 is 19.5 Å². The van der Waals surface area contributed by atoms with Gasteiger partial charge < -0.3 is 14.7 Å². The van der Waals surface area contributed by atoms with Crippen LogP contribution in [0.2, 0.25) is 0 Å². The van der Waals surface area contributed by atoms with Crippen molar-refractivity contribution in [3.05, 3.63) is 22.9 Å². The van der Waals surface area contributed by atoms with Crippen LogP contribution in [0.1, 0.15) is 39.0 Å². The molecule has 0 bridgehead atoms. The predicted octanol–water partition coefficient (Wildman–Crippen LogP) is 3.09. The van der Waals surface area contributed by atoms with Crippen molar-refractivity contribution in [3.8, 4) is 0 Å². The molecular weight excluding hydrogens is 325 g/mol. The number of hydrogen-bond donors (Lipinski definition) is 1. The molecule has 0 aromatic heterocycles. The fourth-order valence-corrected chi connectivity index (χ4v) is 3.33. The normalized spacial score (nSPS) is 23.5. The number of allylic oxidation sites excluding steroid dienone is 2. The number of hydrogen-bond acceptors (Lipinski definition) is 5. The van der Waals surface area contributed by atoms with Gasteiger partial charge in [-0.15, -0.1) is 0 Å². The molecule has 0 radical (unpaired) electrons. The number of Topliss-reactive ketones (excluding diaryl/α,β-unsaturated/α-hetero) is 1. The molecule has 1 saturated heterocycles. The van der Waals surface area contributed by atoms with Crippen molar-refractivity contribution in [2.75, 3.05) is 19.8 Å². The van der Waals surface area contributed by atoms with Crippen molar-refractivity contribution in [2.45, 2.75) is 39.0 Å². The fourth-order valence-electron chi connectivity index (χ4n) is 3.25. The number of nitrogens with zero attached hydrogens (tertiary/aromatic N) is 1. The van der Waals surface area contributed by atoms with Crippen LogP contribution in [0.25, 0.3) is 0 Å². The zero-order valence-corrected chi connectivity index (χ0v) is 14.2. The van der Waals surface area contributed by atoms with Crippen LogP contribution in [0.15, 0.2) is 28.1 Å². The molecule has 1 aliphatic carbocycles. The third-order valence-electron chi connectivity index (χ3n) is 4.46. The second kappa shape index (κ2) is 11.0. The number of rotatable bonds is 6. The summed E-state index contributed by atoms with van der Waals surface area (Å²) in [7, 11) is 0. The Hall–Kier alpha value is -0.733. The Kier molecular flexibility index (Phi) is 9.76. The Bertz CT molecular complexity index is 513. The molecule has 2 rings (SSSR count). The van der Waals surface area contributed by atoms with Crippen LogP contribution in [0.4, 0.5) is 0 Å². The van der Waals surface area contributed by atoms with E-state index in [0.29, 0.717) is 36.5 Å². The topological polar surface area (TPSA) is 68.1 Å². The first-order chi connectivity index (χ1) is 11.2. The molecule has 0 saturated carbocycles. The quantitative estimate of drug-likeness (QED) is 0.346. The zero-order valence-electron chi connectivity index (χ0n) is 13.5. The standard InChI is InChI=1S/C17H24ClNO4.Li.H/c1-2-14(19-23-7-3-6-18)17-15(20)10-13(11-16(17)21)12-4-8-22-9-5-12;;/h3,6,12-13,20H,2,4-5,7-11H2,1H3;;. The second-order valence-electron chi connectivity index (χ2n) is 5.91. The predicted molar refractivity (Wildman–Crippen MR) is 96.7 cm³/mol. The van der Waals surface area contributed by atoms with Gasteiger partial charge in [0.05, 0.1) is 11.3 Å². The zero-order chi connectivity index (χ0) is 16.7. The monoisotopic (exact) mass is 349 g/mol. The average Bonchev–Trinajstić information content (AvgIpc) is 2.57. The first-order valence-corrected chi connectivity index (χ1v) is 8.58. The van der Waals surface area contributed by atoms with E-state index in [0.717, 1.165) is 26.1 Å². The van der Waals surface area contributed by atoms with Crippen LogP contribution >= 0.6 is 11.6 Å². The molecule has 0 amide bonds. The van der Waals surface area contributed by atoms with E-state index in [2.05, 4.69) is 5.16 Å². The van der Waals surface area contributed by atoms with Gasteiger partial charge in [-0.05, 0) is 37.2 Å². The van der Waals surface area contributed by atoms with Gasteiger partial charge in [0.1, 0.15) is 12.4 Å². The Morgan fingerprint density at radius 3 is 2.67 bits per heavy atom. The number of carbonyl (C=O) groups excluding carboxylic acids is 1. The number of ketones is 1. The third kappa shape index (κ3) is 5.67. The Labute approximate surface area is 160 Å². The summed E-state index contributed by atoms with van der Waals surface area (Å²) in [5.74, 6) is 0.758. The molecule has 5 nitrogen and oxygen atoms in total.